The lowest BCUT2D eigenvalue weighted by Gasteiger charge is -2.34. The smallest absolute Gasteiger partial charge is 0.0713 e. The molecule has 1 unspecified atom stereocenters. The molecule has 1 heterocycles. The zero-order chi connectivity index (χ0) is 30.2. The predicted octanol–water partition coefficient (Wildman–Crippen LogP) is 12.2. The van der Waals surface area contributed by atoms with Crippen LogP contribution < -0.4 is 0 Å². The molecule has 0 nitrogen and oxygen atoms in total. The molecule has 1 atom stereocenters. The highest BCUT2D eigenvalue weighted by molar-refractivity contribution is 7.99. The number of fused-ring (bicyclic) bond motifs is 7. The molecule has 2 aliphatic rings. The fourth-order valence-corrected chi connectivity index (χ4v) is 9.34. The molecule has 0 bridgehead atoms. The molecule has 1 heteroatoms. The van der Waals surface area contributed by atoms with Crippen molar-refractivity contribution in [3.05, 3.63) is 192 Å². The largest absolute Gasteiger partial charge is 0.0888 e. The van der Waals surface area contributed by atoms with Crippen LogP contribution in [0.5, 0.6) is 0 Å². The lowest BCUT2D eigenvalue weighted by molar-refractivity contribution is 0.769. The van der Waals surface area contributed by atoms with Crippen LogP contribution in [0.1, 0.15) is 22.3 Å². The fraction of sp³-hybridized carbons (Fsp3) is 0.0222. The lowest BCUT2D eigenvalue weighted by Crippen LogP contribution is -2.28. The molecular formula is C45H28S. The molecule has 0 radical (unpaired) electrons. The minimum atomic E-state index is -0.420. The van der Waals surface area contributed by atoms with Crippen LogP contribution in [0.4, 0.5) is 0 Å². The first-order valence-electron chi connectivity index (χ1n) is 15.9. The Morgan fingerprint density at radius 3 is 1.98 bits per heavy atom. The summed E-state index contributed by atoms with van der Waals surface area (Å²) in [5.41, 5.74) is 12.7. The average Bonchev–Trinajstić information content (AvgIpc) is 3.44. The van der Waals surface area contributed by atoms with Crippen LogP contribution in [0.3, 0.4) is 0 Å². The van der Waals surface area contributed by atoms with Crippen molar-refractivity contribution in [1.29, 1.82) is 0 Å². The SMILES string of the molecule is c1ccc(C2(c3ccc(-c4cc5c6c(cccc6c4)Sc4ccccc4-5)cc3)c3ccccc3-c3c2ccc2ccccc32)cc1. The van der Waals surface area contributed by atoms with Gasteiger partial charge in [0.2, 0.25) is 0 Å². The van der Waals surface area contributed by atoms with E-state index in [1.165, 1.54) is 87.0 Å². The summed E-state index contributed by atoms with van der Waals surface area (Å²) in [6, 6.07) is 63.3. The molecule has 46 heavy (non-hydrogen) atoms. The van der Waals surface area contributed by atoms with E-state index in [1.807, 2.05) is 11.8 Å². The second-order valence-corrected chi connectivity index (χ2v) is 13.5. The van der Waals surface area contributed by atoms with Gasteiger partial charge in [-0.25, -0.2) is 0 Å². The Labute approximate surface area is 273 Å². The Bertz CT molecular complexity index is 2490. The molecule has 0 saturated heterocycles. The maximum absolute atomic E-state index is 2.40. The number of rotatable bonds is 3. The molecule has 1 aliphatic carbocycles. The number of benzene rings is 8. The van der Waals surface area contributed by atoms with E-state index >= 15 is 0 Å². The predicted molar refractivity (Wildman–Crippen MR) is 194 cm³/mol. The number of hydrogen-bond acceptors (Lipinski definition) is 1. The van der Waals surface area contributed by atoms with E-state index < -0.39 is 5.41 Å². The summed E-state index contributed by atoms with van der Waals surface area (Å²) in [4.78, 5) is 2.66. The molecule has 0 amide bonds. The minimum absolute atomic E-state index is 0.420. The summed E-state index contributed by atoms with van der Waals surface area (Å²) in [6.07, 6.45) is 0. The number of hydrogen-bond donors (Lipinski definition) is 0. The highest BCUT2D eigenvalue weighted by Crippen LogP contribution is 2.58. The van der Waals surface area contributed by atoms with Crippen LogP contribution in [0.15, 0.2) is 180 Å². The molecule has 0 spiro atoms. The molecule has 1 aliphatic heterocycles. The van der Waals surface area contributed by atoms with Gasteiger partial charge in [0, 0.05) is 15.2 Å². The van der Waals surface area contributed by atoms with Crippen molar-refractivity contribution < 1.29 is 0 Å². The van der Waals surface area contributed by atoms with Crippen LogP contribution in [0.2, 0.25) is 0 Å². The van der Waals surface area contributed by atoms with Crippen molar-refractivity contribution in [3.8, 4) is 33.4 Å². The van der Waals surface area contributed by atoms with Crippen molar-refractivity contribution in [2.75, 3.05) is 0 Å². The zero-order valence-electron chi connectivity index (χ0n) is 25.1. The van der Waals surface area contributed by atoms with Crippen molar-refractivity contribution in [1.82, 2.24) is 0 Å². The van der Waals surface area contributed by atoms with Gasteiger partial charge >= 0.3 is 0 Å². The third kappa shape index (κ3) is 3.52. The van der Waals surface area contributed by atoms with Crippen molar-refractivity contribution in [3.63, 3.8) is 0 Å². The van der Waals surface area contributed by atoms with E-state index in [2.05, 4.69) is 170 Å². The third-order valence-corrected chi connectivity index (χ3v) is 11.3. The first kappa shape index (κ1) is 25.9. The van der Waals surface area contributed by atoms with E-state index in [-0.39, 0.29) is 0 Å². The quantitative estimate of drug-likeness (QED) is 0.194. The van der Waals surface area contributed by atoms with E-state index in [1.54, 1.807) is 0 Å². The van der Waals surface area contributed by atoms with Gasteiger partial charge in [0.15, 0.2) is 0 Å². The summed E-state index contributed by atoms with van der Waals surface area (Å²) in [5, 5.41) is 5.24. The van der Waals surface area contributed by atoms with Crippen molar-refractivity contribution in [2.45, 2.75) is 15.2 Å². The second kappa shape index (κ2) is 9.81. The van der Waals surface area contributed by atoms with Gasteiger partial charge in [-0.2, -0.15) is 0 Å². The first-order valence-corrected chi connectivity index (χ1v) is 16.7. The topological polar surface area (TPSA) is 0 Å². The van der Waals surface area contributed by atoms with E-state index in [0.29, 0.717) is 0 Å². The Morgan fingerprint density at radius 1 is 0.391 bits per heavy atom. The highest BCUT2D eigenvalue weighted by Gasteiger charge is 2.46. The standard InChI is InChI=1S/C45H28S/c1-2-13-33(14-3-1)45(39-18-8-6-17-37(39)44-35-15-5-4-11-30(35)23-26-40(44)45)34-24-21-29(22-25-34)32-27-31-12-10-20-42-43(31)38(28-32)36-16-7-9-19-41(36)46-42/h1-28H. The van der Waals surface area contributed by atoms with Crippen LogP contribution in [0.25, 0.3) is 54.9 Å². The van der Waals surface area contributed by atoms with E-state index in [9.17, 15) is 0 Å². The molecule has 0 aromatic heterocycles. The van der Waals surface area contributed by atoms with Gasteiger partial charge in [-0.3, -0.25) is 0 Å². The lowest BCUT2D eigenvalue weighted by atomic mass is 9.67. The Kier molecular flexibility index (Phi) is 5.53. The summed E-state index contributed by atoms with van der Waals surface area (Å²) >= 11 is 1.88. The van der Waals surface area contributed by atoms with Gasteiger partial charge in [0.25, 0.3) is 0 Å². The highest BCUT2D eigenvalue weighted by atomic mass is 32.2. The maximum atomic E-state index is 2.40. The molecule has 10 rings (SSSR count). The van der Waals surface area contributed by atoms with Crippen LogP contribution in [0, 0.1) is 0 Å². The maximum Gasteiger partial charge on any atom is 0.0713 e. The Balaban J connectivity index is 1.20. The van der Waals surface area contributed by atoms with E-state index in [4.69, 9.17) is 0 Å². The second-order valence-electron chi connectivity index (χ2n) is 12.4. The van der Waals surface area contributed by atoms with Gasteiger partial charge in [-0.05, 0) is 96.1 Å². The average molecular weight is 601 g/mol. The molecule has 214 valence electrons. The van der Waals surface area contributed by atoms with Gasteiger partial charge < -0.3 is 0 Å². The van der Waals surface area contributed by atoms with Crippen molar-refractivity contribution >= 4 is 33.3 Å². The third-order valence-electron chi connectivity index (χ3n) is 10.1. The first-order chi connectivity index (χ1) is 22.8. The Morgan fingerprint density at radius 2 is 1.09 bits per heavy atom. The monoisotopic (exact) mass is 600 g/mol. The van der Waals surface area contributed by atoms with Crippen LogP contribution in [-0.2, 0) is 5.41 Å². The van der Waals surface area contributed by atoms with Gasteiger partial charge in [-0.1, -0.05) is 157 Å². The van der Waals surface area contributed by atoms with Gasteiger partial charge in [0.1, 0.15) is 0 Å². The normalized spacial score (nSPS) is 15.8. The molecule has 0 N–H and O–H groups in total. The summed E-state index contributed by atoms with van der Waals surface area (Å²) < 4.78 is 0. The van der Waals surface area contributed by atoms with Crippen LogP contribution >= 0.6 is 11.8 Å². The molecule has 0 fully saturated rings. The van der Waals surface area contributed by atoms with Crippen molar-refractivity contribution in [2.24, 2.45) is 0 Å². The molecule has 8 aromatic carbocycles. The van der Waals surface area contributed by atoms with E-state index in [0.717, 1.165) is 0 Å². The summed E-state index contributed by atoms with van der Waals surface area (Å²) in [7, 11) is 0. The molecule has 8 aromatic rings. The van der Waals surface area contributed by atoms with Gasteiger partial charge in [0.05, 0.1) is 5.41 Å². The minimum Gasteiger partial charge on any atom is -0.0888 e. The zero-order valence-corrected chi connectivity index (χ0v) is 25.9. The molecular weight excluding hydrogens is 573 g/mol. The summed E-state index contributed by atoms with van der Waals surface area (Å²) in [6.45, 7) is 0. The Hall–Kier alpha value is -5.37. The van der Waals surface area contributed by atoms with Gasteiger partial charge in [-0.15, -0.1) is 0 Å². The van der Waals surface area contributed by atoms with Crippen LogP contribution in [-0.4, -0.2) is 0 Å². The molecule has 0 saturated carbocycles. The fourth-order valence-electron chi connectivity index (χ4n) is 8.19. The summed E-state index contributed by atoms with van der Waals surface area (Å²) in [5.74, 6) is 0.